The van der Waals surface area contributed by atoms with Crippen LogP contribution in [0.1, 0.15) is 0 Å². The van der Waals surface area contributed by atoms with E-state index in [2.05, 4.69) is 0 Å². The third-order valence-corrected chi connectivity index (χ3v) is 2.97. The lowest BCUT2D eigenvalue weighted by atomic mass is 10.1. The van der Waals surface area contributed by atoms with E-state index in [1.54, 1.807) is 12.1 Å². The van der Waals surface area contributed by atoms with E-state index < -0.39 is 5.56 Å². The van der Waals surface area contributed by atoms with Crippen LogP contribution in [0.4, 0.5) is 0 Å². The molecule has 18 heavy (non-hydrogen) atoms. The summed E-state index contributed by atoms with van der Waals surface area (Å²) in [6.07, 6.45) is 0. The maximum absolute atomic E-state index is 12.0. The van der Waals surface area contributed by atoms with Crippen molar-refractivity contribution < 1.29 is 5.21 Å². The fourth-order valence-corrected chi connectivity index (χ4v) is 2.06. The number of hydrogen-bond acceptors (Lipinski definition) is 2. The number of pyridine rings is 1. The molecule has 2 aromatic carbocycles. The van der Waals surface area contributed by atoms with Crippen LogP contribution < -0.4 is 5.56 Å². The van der Waals surface area contributed by atoms with Crippen molar-refractivity contribution in [3.05, 3.63) is 71.0 Å². The van der Waals surface area contributed by atoms with Gasteiger partial charge in [-0.3, -0.25) is 4.79 Å². The van der Waals surface area contributed by atoms with Crippen LogP contribution in [-0.2, 0) is 0 Å². The number of fused-ring (bicyclic) bond motifs is 1. The molecule has 1 aromatic heterocycles. The standard InChI is InChI=1S/C15H11NO2/c17-15-13-9-5-4-8-12(13)10-14(16(15)18)11-6-2-1-3-7-11/h1-10,18H. The first kappa shape index (κ1) is 10.6. The highest BCUT2D eigenvalue weighted by molar-refractivity contribution is 5.85. The lowest BCUT2D eigenvalue weighted by Crippen LogP contribution is -2.19. The second-order valence-corrected chi connectivity index (χ2v) is 4.10. The summed E-state index contributed by atoms with van der Waals surface area (Å²) in [6, 6.07) is 18.4. The van der Waals surface area contributed by atoms with Crippen molar-refractivity contribution in [2.75, 3.05) is 0 Å². The highest BCUT2D eigenvalue weighted by Crippen LogP contribution is 2.20. The van der Waals surface area contributed by atoms with Crippen LogP contribution >= 0.6 is 0 Å². The lowest BCUT2D eigenvalue weighted by Gasteiger charge is -2.08. The molecule has 0 unspecified atom stereocenters. The summed E-state index contributed by atoms with van der Waals surface area (Å²) >= 11 is 0. The molecule has 0 radical (unpaired) electrons. The molecule has 3 rings (SSSR count). The first-order chi connectivity index (χ1) is 8.77. The molecule has 3 heteroatoms. The lowest BCUT2D eigenvalue weighted by molar-refractivity contribution is 0.181. The van der Waals surface area contributed by atoms with Crippen molar-refractivity contribution in [2.24, 2.45) is 0 Å². The summed E-state index contributed by atoms with van der Waals surface area (Å²) in [5.41, 5.74) is 0.911. The number of benzene rings is 2. The van der Waals surface area contributed by atoms with E-state index in [1.807, 2.05) is 48.5 Å². The summed E-state index contributed by atoms with van der Waals surface area (Å²) in [5.74, 6) is 0. The van der Waals surface area contributed by atoms with E-state index in [4.69, 9.17) is 0 Å². The molecule has 0 aliphatic heterocycles. The number of aromatic nitrogens is 1. The van der Waals surface area contributed by atoms with Gasteiger partial charge in [-0.2, -0.15) is 0 Å². The second-order valence-electron chi connectivity index (χ2n) is 4.10. The summed E-state index contributed by atoms with van der Waals surface area (Å²) in [6.45, 7) is 0. The van der Waals surface area contributed by atoms with Gasteiger partial charge in [0.2, 0.25) is 0 Å². The minimum absolute atomic E-state index is 0.396. The topological polar surface area (TPSA) is 42.2 Å². The van der Waals surface area contributed by atoms with E-state index in [1.165, 1.54) is 0 Å². The maximum atomic E-state index is 12.0. The molecule has 0 bridgehead atoms. The Bertz CT molecular complexity index is 760. The first-order valence-corrected chi connectivity index (χ1v) is 5.67. The van der Waals surface area contributed by atoms with Gasteiger partial charge >= 0.3 is 0 Å². The molecule has 0 fully saturated rings. The van der Waals surface area contributed by atoms with Gasteiger partial charge in [-0.15, -0.1) is 4.73 Å². The summed E-state index contributed by atoms with van der Waals surface area (Å²) in [5, 5.41) is 11.3. The van der Waals surface area contributed by atoms with Crippen molar-refractivity contribution in [2.45, 2.75) is 0 Å². The quantitative estimate of drug-likeness (QED) is 0.661. The smallest absolute Gasteiger partial charge is 0.291 e. The largest absolute Gasteiger partial charge is 0.425 e. The molecule has 3 nitrogen and oxygen atoms in total. The summed E-state index contributed by atoms with van der Waals surface area (Å²) < 4.78 is 0.706. The zero-order valence-corrected chi connectivity index (χ0v) is 9.58. The van der Waals surface area contributed by atoms with Gasteiger partial charge in [0.15, 0.2) is 0 Å². The Labute approximate surface area is 104 Å². The predicted octanol–water partition coefficient (Wildman–Crippen LogP) is 2.91. The van der Waals surface area contributed by atoms with Gasteiger partial charge in [0, 0.05) is 5.56 Å². The predicted molar refractivity (Wildman–Crippen MR) is 70.8 cm³/mol. The highest BCUT2D eigenvalue weighted by Gasteiger charge is 2.09. The third-order valence-electron chi connectivity index (χ3n) is 2.97. The van der Waals surface area contributed by atoms with Gasteiger partial charge in [-0.1, -0.05) is 48.5 Å². The monoisotopic (exact) mass is 237 g/mol. The highest BCUT2D eigenvalue weighted by atomic mass is 16.5. The Morgan fingerprint density at radius 1 is 0.889 bits per heavy atom. The van der Waals surface area contributed by atoms with Crippen LogP contribution in [0.2, 0.25) is 0 Å². The minimum Gasteiger partial charge on any atom is -0.425 e. The SMILES string of the molecule is O=c1c2ccccc2cc(-c2ccccc2)n1O. The van der Waals surface area contributed by atoms with E-state index in [0.717, 1.165) is 10.9 Å². The van der Waals surface area contributed by atoms with Crippen LogP contribution in [0.25, 0.3) is 22.0 Å². The van der Waals surface area contributed by atoms with Gasteiger partial charge < -0.3 is 5.21 Å². The first-order valence-electron chi connectivity index (χ1n) is 5.67. The molecule has 1 N–H and O–H groups in total. The molecular weight excluding hydrogens is 226 g/mol. The number of nitrogens with zero attached hydrogens (tertiary/aromatic N) is 1. The molecule has 0 saturated carbocycles. The molecule has 88 valence electrons. The van der Waals surface area contributed by atoms with Crippen molar-refractivity contribution in [1.29, 1.82) is 0 Å². The Balaban J connectivity index is 2.38. The Hall–Kier alpha value is -2.55. The van der Waals surface area contributed by atoms with E-state index >= 15 is 0 Å². The van der Waals surface area contributed by atoms with Crippen LogP contribution in [0.15, 0.2) is 65.5 Å². The minimum atomic E-state index is -0.396. The Morgan fingerprint density at radius 3 is 2.33 bits per heavy atom. The van der Waals surface area contributed by atoms with Crippen molar-refractivity contribution in [3.8, 4) is 11.3 Å². The van der Waals surface area contributed by atoms with Crippen LogP contribution in [0.3, 0.4) is 0 Å². The third kappa shape index (κ3) is 1.57. The normalized spacial score (nSPS) is 10.7. The molecule has 0 aliphatic rings. The van der Waals surface area contributed by atoms with Crippen LogP contribution in [0.5, 0.6) is 0 Å². The average Bonchev–Trinajstić information content (AvgIpc) is 2.44. The molecule has 1 heterocycles. The van der Waals surface area contributed by atoms with Gasteiger partial charge in [0.25, 0.3) is 5.56 Å². The van der Waals surface area contributed by atoms with E-state index in [0.29, 0.717) is 15.8 Å². The molecule has 0 atom stereocenters. The zero-order valence-electron chi connectivity index (χ0n) is 9.58. The molecule has 3 aromatic rings. The van der Waals surface area contributed by atoms with Gasteiger partial charge in [0.1, 0.15) is 0 Å². The van der Waals surface area contributed by atoms with Crippen molar-refractivity contribution in [3.63, 3.8) is 0 Å². The van der Waals surface area contributed by atoms with E-state index in [-0.39, 0.29) is 0 Å². The Kier molecular flexibility index (Phi) is 2.38. The van der Waals surface area contributed by atoms with Crippen molar-refractivity contribution >= 4 is 10.8 Å². The molecule has 0 saturated heterocycles. The van der Waals surface area contributed by atoms with Gasteiger partial charge in [-0.05, 0) is 17.5 Å². The molecule has 0 amide bonds. The molecular formula is C15H11NO2. The Morgan fingerprint density at radius 2 is 1.56 bits per heavy atom. The fraction of sp³-hybridized carbons (Fsp3) is 0. The van der Waals surface area contributed by atoms with Crippen molar-refractivity contribution in [1.82, 2.24) is 4.73 Å². The second kappa shape index (κ2) is 4.04. The average molecular weight is 237 g/mol. The van der Waals surface area contributed by atoms with E-state index in [9.17, 15) is 10.0 Å². The molecule has 0 spiro atoms. The van der Waals surface area contributed by atoms with Gasteiger partial charge in [0.05, 0.1) is 11.1 Å². The van der Waals surface area contributed by atoms with Gasteiger partial charge in [-0.25, -0.2) is 0 Å². The fourth-order valence-electron chi connectivity index (χ4n) is 2.06. The van der Waals surface area contributed by atoms with Crippen LogP contribution in [0, 0.1) is 0 Å². The molecule has 0 aliphatic carbocycles. The number of rotatable bonds is 1. The summed E-state index contributed by atoms with van der Waals surface area (Å²) in [7, 11) is 0. The maximum Gasteiger partial charge on any atom is 0.291 e. The summed E-state index contributed by atoms with van der Waals surface area (Å²) in [4.78, 5) is 12.0. The van der Waals surface area contributed by atoms with Crippen LogP contribution in [-0.4, -0.2) is 9.94 Å². The zero-order chi connectivity index (χ0) is 12.5. The number of hydrogen-bond donors (Lipinski definition) is 1.